The molecule has 0 radical (unpaired) electrons. The highest BCUT2D eigenvalue weighted by Gasteiger charge is 2.49. The van der Waals surface area contributed by atoms with Crippen LogP contribution in [0.3, 0.4) is 0 Å². The van der Waals surface area contributed by atoms with Crippen LogP contribution in [0.2, 0.25) is 0 Å². The van der Waals surface area contributed by atoms with Crippen LogP contribution >= 0.6 is 11.6 Å². The number of aromatic hydroxyl groups is 1. The van der Waals surface area contributed by atoms with Gasteiger partial charge in [-0.3, -0.25) is 4.90 Å². The fraction of sp³-hybridized carbons (Fsp3) is 0.452. The van der Waals surface area contributed by atoms with E-state index in [1.54, 1.807) is 27.7 Å². The topological polar surface area (TPSA) is 98.2 Å². The molecule has 1 N–H and O–H groups in total. The number of aromatic nitrogens is 1. The highest BCUT2D eigenvalue weighted by Crippen LogP contribution is 2.50. The van der Waals surface area contributed by atoms with Crippen LogP contribution in [-0.4, -0.2) is 52.4 Å². The van der Waals surface area contributed by atoms with Crippen molar-refractivity contribution in [3.05, 3.63) is 65.4 Å². The zero-order valence-electron chi connectivity index (χ0n) is 24.5. The number of fused-ring (bicyclic) bond motifs is 1. The molecule has 43 heavy (non-hydrogen) atoms. The van der Waals surface area contributed by atoms with Gasteiger partial charge in [0.25, 0.3) is 0 Å². The minimum Gasteiger partial charge on any atom is -0.505 e. The van der Waals surface area contributed by atoms with E-state index in [0.29, 0.717) is 5.75 Å². The summed E-state index contributed by atoms with van der Waals surface area (Å²) in [5.41, 5.74) is -2.47. The van der Waals surface area contributed by atoms with E-state index in [1.807, 2.05) is 30.3 Å². The third-order valence-corrected chi connectivity index (χ3v) is 7.56. The Kier molecular flexibility index (Phi) is 9.06. The SMILES string of the molecule is COC(=O)[C@@H]1CC(C)(CC(Cl)c2c(O)c(C(F)(F)F)nc3ccc(OCc4ccccc4)cc23)CN1C(=O)OC(C)(C)C. The molecule has 0 saturated carbocycles. The number of likely N-dealkylation sites (tertiary alicyclic amines) is 1. The predicted octanol–water partition coefficient (Wildman–Crippen LogP) is 7.40. The van der Waals surface area contributed by atoms with Crippen molar-refractivity contribution in [2.75, 3.05) is 13.7 Å². The number of rotatable bonds is 7. The lowest BCUT2D eigenvalue weighted by Crippen LogP contribution is -2.44. The third kappa shape index (κ3) is 7.44. The van der Waals surface area contributed by atoms with Gasteiger partial charge in [0.1, 0.15) is 24.0 Å². The van der Waals surface area contributed by atoms with Gasteiger partial charge >= 0.3 is 18.2 Å². The second-order valence-electron chi connectivity index (χ2n) is 12.0. The van der Waals surface area contributed by atoms with Crippen LogP contribution in [0.15, 0.2) is 48.5 Å². The van der Waals surface area contributed by atoms with Crippen LogP contribution in [0.5, 0.6) is 11.5 Å². The van der Waals surface area contributed by atoms with Gasteiger partial charge in [0.05, 0.1) is 18.0 Å². The van der Waals surface area contributed by atoms with Crippen LogP contribution in [0.25, 0.3) is 10.9 Å². The Labute approximate surface area is 252 Å². The number of ether oxygens (including phenoxy) is 3. The molecule has 2 unspecified atom stereocenters. The van der Waals surface area contributed by atoms with Crippen molar-refractivity contribution in [3.63, 3.8) is 0 Å². The number of nitrogens with zero attached hydrogens (tertiary/aromatic N) is 2. The summed E-state index contributed by atoms with van der Waals surface area (Å²) < 4.78 is 58.1. The molecule has 12 heteroatoms. The molecule has 8 nitrogen and oxygen atoms in total. The largest absolute Gasteiger partial charge is 0.505 e. The summed E-state index contributed by atoms with van der Waals surface area (Å²) in [7, 11) is 1.20. The maximum absolute atomic E-state index is 13.9. The lowest BCUT2D eigenvalue weighted by molar-refractivity contribution is -0.145. The summed E-state index contributed by atoms with van der Waals surface area (Å²) in [6, 6.07) is 12.7. The highest BCUT2D eigenvalue weighted by atomic mass is 35.5. The van der Waals surface area contributed by atoms with Crippen molar-refractivity contribution >= 4 is 34.6 Å². The maximum Gasteiger partial charge on any atom is 0.437 e. The van der Waals surface area contributed by atoms with E-state index in [4.69, 9.17) is 25.8 Å². The molecule has 1 fully saturated rings. The van der Waals surface area contributed by atoms with Crippen molar-refractivity contribution < 1.29 is 42.1 Å². The number of methoxy groups -OCH3 is 1. The Morgan fingerprint density at radius 3 is 2.44 bits per heavy atom. The van der Waals surface area contributed by atoms with Gasteiger partial charge in [-0.05, 0) is 62.8 Å². The van der Waals surface area contributed by atoms with E-state index < -0.39 is 52.1 Å². The second-order valence-corrected chi connectivity index (χ2v) is 12.5. The molecule has 1 aliphatic heterocycles. The normalized spacial score (nSPS) is 19.7. The molecule has 1 aliphatic rings. The lowest BCUT2D eigenvalue weighted by atomic mass is 9.81. The Hall–Kier alpha value is -3.73. The summed E-state index contributed by atoms with van der Waals surface area (Å²) in [5, 5.41) is 9.95. The highest BCUT2D eigenvalue weighted by molar-refractivity contribution is 6.22. The number of alkyl halides is 4. The van der Waals surface area contributed by atoms with Crippen molar-refractivity contribution in [3.8, 4) is 11.5 Å². The standard InChI is InChI=1S/C31H34ClF3N2O6/c1-29(2,3)43-28(40)37-17-30(4,15-23(37)27(39)41-5)14-21(32)24-20-13-19(42-16-18-9-7-6-8-10-18)11-12-22(20)36-26(25(24)38)31(33,34)35/h6-13,21,23,38H,14-17H2,1-5H3/t21?,23-,30?/m0/s1. The number of hydrogen-bond acceptors (Lipinski definition) is 7. The van der Waals surface area contributed by atoms with E-state index in [2.05, 4.69) is 4.98 Å². The molecule has 0 aliphatic carbocycles. The molecule has 0 spiro atoms. The number of halogens is 4. The maximum atomic E-state index is 13.9. The van der Waals surface area contributed by atoms with Crippen molar-refractivity contribution in [1.82, 2.24) is 9.88 Å². The average molecular weight is 623 g/mol. The van der Waals surface area contributed by atoms with E-state index in [-0.39, 0.29) is 42.5 Å². The summed E-state index contributed by atoms with van der Waals surface area (Å²) in [6.07, 6.45) is -5.56. The molecular formula is C31H34ClF3N2O6. The summed E-state index contributed by atoms with van der Waals surface area (Å²) in [6.45, 7) is 7.06. The van der Waals surface area contributed by atoms with Gasteiger partial charge < -0.3 is 19.3 Å². The van der Waals surface area contributed by atoms with E-state index in [9.17, 15) is 27.9 Å². The first-order valence-corrected chi connectivity index (χ1v) is 14.1. The van der Waals surface area contributed by atoms with Crippen molar-refractivity contribution in [1.29, 1.82) is 0 Å². The Morgan fingerprint density at radius 2 is 1.84 bits per heavy atom. The van der Waals surface area contributed by atoms with Crippen LogP contribution in [-0.2, 0) is 27.1 Å². The summed E-state index contributed by atoms with van der Waals surface area (Å²) in [5.74, 6) is -1.40. The second kappa shape index (κ2) is 12.1. The Balaban J connectivity index is 1.71. The molecule has 1 amide bonds. The van der Waals surface area contributed by atoms with Crippen molar-refractivity contribution in [2.24, 2.45) is 5.41 Å². The molecule has 2 heterocycles. The molecule has 0 bridgehead atoms. The van der Waals surface area contributed by atoms with Gasteiger partial charge in [-0.2, -0.15) is 13.2 Å². The summed E-state index contributed by atoms with van der Waals surface area (Å²) >= 11 is 6.86. The van der Waals surface area contributed by atoms with E-state index in [1.165, 1.54) is 30.2 Å². The van der Waals surface area contributed by atoms with E-state index in [0.717, 1.165) is 5.56 Å². The fourth-order valence-corrected chi connectivity index (χ4v) is 5.90. The minimum absolute atomic E-state index is 0.000415. The Morgan fingerprint density at radius 1 is 1.16 bits per heavy atom. The predicted molar refractivity (Wildman–Crippen MR) is 154 cm³/mol. The zero-order chi connectivity index (χ0) is 31.7. The molecule has 3 atom stereocenters. The minimum atomic E-state index is -4.95. The van der Waals surface area contributed by atoms with Gasteiger partial charge in [-0.1, -0.05) is 37.3 Å². The van der Waals surface area contributed by atoms with Gasteiger partial charge in [0, 0.05) is 17.5 Å². The number of carbonyl (C=O) groups is 2. The number of hydrogen-bond donors (Lipinski definition) is 1. The molecule has 1 saturated heterocycles. The molecular weight excluding hydrogens is 589 g/mol. The van der Waals surface area contributed by atoms with Crippen LogP contribution in [0, 0.1) is 5.41 Å². The number of amides is 1. The first-order valence-electron chi connectivity index (χ1n) is 13.6. The third-order valence-electron chi connectivity index (χ3n) is 7.19. The van der Waals surface area contributed by atoms with Crippen LogP contribution in [0.1, 0.15) is 62.7 Å². The van der Waals surface area contributed by atoms with Crippen LogP contribution < -0.4 is 4.74 Å². The molecule has 232 valence electrons. The van der Waals surface area contributed by atoms with Gasteiger partial charge in [0.2, 0.25) is 0 Å². The number of pyridine rings is 1. The number of carbonyl (C=O) groups excluding carboxylic acids is 2. The first-order chi connectivity index (χ1) is 20.0. The van der Waals surface area contributed by atoms with E-state index >= 15 is 0 Å². The quantitative estimate of drug-likeness (QED) is 0.217. The Bertz CT molecular complexity index is 1490. The number of esters is 1. The number of benzene rings is 2. The molecule has 2 aromatic carbocycles. The molecule has 4 rings (SSSR count). The zero-order valence-corrected chi connectivity index (χ0v) is 25.3. The summed E-state index contributed by atoms with van der Waals surface area (Å²) in [4.78, 5) is 30.6. The first kappa shape index (κ1) is 32.2. The fourth-order valence-electron chi connectivity index (χ4n) is 5.31. The van der Waals surface area contributed by atoms with Crippen molar-refractivity contribution in [2.45, 2.75) is 70.3 Å². The lowest BCUT2D eigenvalue weighted by Gasteiger charge is -2.29. The van der Waals surface area contributed by atoms with Crippen LogP contribution in [0.4, 0.5) is 18.0 Å². The molecule has 1 aromatic heterocycles. The van der Waals surface area contributed by atoms with Gasteiger partial charge in [-0.25, -0.2) is 14.6 Å². The smallest absolute Gasteiger partial charge is 0.437 e. The monoisotopic (exact) mass is 622 g/mol. The molecule has 3 aromatic rings. The van der Waals surface area contributed by atoms with Gasteiger partial charge in [-0.15, -0.1) is 11.6 Å². The van der Waals surface area contributed by atoms with Gasteiger partial charge in [0.15, 0.2) is 11.4 Å². The average Bonchev–Trinajstić information content (AvgIpc) is 3.27.